The number of nitrogens with one attached hydrogen (secondary N) is 1. The Morgan fingerprint density at radius 2 is 2.05 bits per heavy atom. The lowest BCUT2D eigenvalue weighted by Gasteiger charge is -2.29. The molecule has 0 aliphatic carbocycles. The second kappa shape index (κ2) is 4.81. The maximum Gasteiger partial charge on any atom is 0.252 e. The minimum atomic E-state index is -1.07. The van der Waals surface area contributed by atoms with E-state index < -0.39 is 11.4 Å². The van der Waals surface area contributed by atoms with Crippen LogP contribution in [0, 0.1) is 5.82 Å². The van der Waals surface area contributed by atoms with E-state index in [2.05, 4.69) is 5.32 Å². The van der Waals surface area contributed by atoms with Crippen LogP contribution in [-0.2, 0) is 9.59 Å². The first-order valence-electron chi connectivity index (χ1n) is 5.89. The van der Waals surface area contributed by atoms with Gasteiger partial charge in [-0.15, -0.1) is 0 Å². The third kappa shape index (κ3) is 2.71. The van der Waals surface area contributed by atoms with Crippen molar-refractivity contribution >= 4 is 29.1 Å². The molecule has 1 N–H and O–H groups in total. The van der Waals surface area contributed by atoms with Gasteiger partial charge in [0.15, 0.2) is 0 Å². The second-order valence-corrected chi connectivity index (χ2v) is 5.41. The van der Waals surface area contributed by atoms with Crippen molar-refractivity contribution in [2.45, 2.75) is 25.8 Å². The third-order valence-corrected chi connectivity index (χ3v) is 3.23. The lowest BCUT2D eigenvalue weighted by Crippen LogP contribution is -2.53. The third-order valence-electron chi connectivity index (χ3n) is 2.99. The molecule has 19 heavy (non-hydrogen) atoms. The first-order valence-corrected chi connectivity index (χ1v) is 6.27. The standard InChI is InChI=1S/C13H14ClFN2O2/c1-13(2)12(19)17(6-5-11(18)16-13)10-7-8(14)3-4-9(10)15/h3-4,7H,5-6H2,1-2H3,(H,16,18). The summed E-state index contributed by atoms with van der Waals surface area (Å²) in [5.74, 6) is -1.13. The molecule has 1 aliphatic heterocycles. The molecule has 0 spiro atoms. The maximum atomic E-state index is 13.9. The van der Waals surface area contributed by atoms with Crippen LogP contribution in [0.3, 0.4) is 0 Å². The predicted octanol–water partition coefficient (Wildman–Crippen LogP) is 2.11. The van der Waals surface area contributed by atoms with Crippen LogP contribution in [0.1, 0.15) is 20.3 Å². The number of amides is 2. The molecule has 0 atom stereocenters. The zero-order valence-electron chi connectivity index (χ0n) is 10.7. The highest BCUT2D eigenvalue weighted by Gasteiger charge is 2.37. The number of rotatable bonds is 1. The summed E-state index contributed by atoms with van der Waals surface area (Å²) in [6.07, 6.45) is 0.126. The number of benzene rings is 1. The van der Waals surface area contributed by atoms with E-state index in [0.29, 0.717) is 5.02 Å². The smallest absolute Gasteiger partial charge is 0.252 e. The highest BCUT2D eigenvalue weighted by molar-refractivity contribution is 6.31. The summed E-state index contributed by atoms with van der Waals surface area (Å²) in [4.78, 5) is 25.2. The molecule has 2 amide bonds. The zero-order chi connectivity index (χ0) is 14.2. The van der Waals surface area contributed by atoms with Gasteiger partial charge in [-0.05, 0) is 32.0 Å². The van der Waals surface area contributed by atoms with Crippen LogP contribution in [0.4, 0.5) is 10.1 Å². The summed E-state index contributed by atoms with van der Waals surface area (Å²) in [5, 5.41) is 2.95. The second-order valence-electron chi connectivity index (χ2n) is 4.98. The van der Waals surface area contributed by atoms with Crippen molar-refractivity contribution in [3.63, 3.8) is 0 Å². The monoisotopic (exact) mass is 284 g/mol. The maximum absolute atomic E-state index is 13.9. The van der Waals surface area contributed by atoms with Crippen molar-refractivity contribution in [1.82, 2.24) is 5.32 Å². The molecule has 0 saturated carbocycles. The van der Waals surface area contributed by atoms with Crippen LogP contribution in [0.25, 0.3) is 0 Å². The molecule has 1 saturated heterocycles. The number of nitrogens with zero attached hydrogens (tertiary/aromatic N) is 1. The number of hydrogen-bond donors (Lipinski definition) is 1. The molecular formula is C13H14ClFN2O2. The minimum absolute atomic E-state index is 0.0991. The van der Waals surface area contributed by atoms with E-state index in [1.165, 1.54) is 23.1 Å². The van der Waals surface area contributed by atoms with Crippen LogP contribution in [0.15, 0.2) is 18.2 Å². The van der Waals surface area contributed by atoms with Gasteiger partial charge in [-0.25, -0.2) is 4.39 Å². The van der Waals surface area contributed by atoms with Gasteiger partial charge < -0.3 is 10.2 Å². The molecule has 1 aliphatic rings. The average molecular weight is 285 g/mol. The van der Waals surface area contributed by atoms with E-state index in [-0.39, 0.29) is 30.5 Å². The van der Waals surface area contributed by atoms with Gasteiger partial charge in [-0.2, -0.15) is 0 Å². The Bertz CT molecular complexity index is 545. The Morgan fingerprint density at radius 1 is 1.37 bits per heavy atom. The van der Waals surface area contributed by atoms with Crippen molar-refractivity contribution in [3.8, 4) is 0 Å². The fraction of sp³-hybridized carbons (Fsp3) is 0.385. The number of hydrogen-bond acceptors (Lipinski definition) is 2. The van der Waals surface area contributed by atoms with Crippen LogP contribution >= 0.6 is 11.6 Å². The molecule has 0 bridgehead atoms. The zero-order valence-corrected chi connectivity index (χ0v) is 11.4. The van der Waals surface area contributed by atoms with Gasteiger partial charge in [0.2, 0.25) is 5.91 Å². The van der Waals surface area contributed by atoms with Gasteiger partial charge in [0.25, 0.3) is 5.91 Å². The van der Waals surface area contributed by atoms with Gasteiger partial charge in [0, 0.05) is 18.0 Å². The summed E-state index contributed by atoms with van der Waals surface area (Å²) < 4.78 is 13.9. The van der Waals surface area contributed by atoms with E-state index in [0.717, 1.165) is 0 Å². The van der Waals surface area contributed by atoms with Crippen LogP contribution in [0.5, 0.6) is 0 Å². The number of halogens is 2. The molecule has 2 rings (SSSR count). The van der Waals surface area contributed by atoms with Crippen LogP contribution in [0.2, 0.25) is 5.02 Å². The first-order chi connectivity index (χ1) is 8.81. The molecule has 1 aromatic rings. The van der Waals surface area contributed by atoms with Gasteiger partial charge in [0.1, 0.15) is 11.4 Å². The average Bonchev–Trinajstić information content (AvgIpc) is 2.41. The molecule has 0 radical (unpaired) electrons. The Balaban J connectivity index is 2.45. The van der Waals surface area contributed by atoms with Crippen molar-refractivity contribution in [2.24, 2.45) is 0 Å². The summed E-state index contributed by atoms with van der Waals surface area (Å²) in [6, 6.07) is 4.01. The summed E-state index contributed by atoms with van der Waals surface area (Å²) in [5.41, 5.74) is -0.968. The summed E-state index contributed by atoms with van der Waals surface area (Å²) in [7, 11) is 0. The number of anilines is 1. The lowest BCUT2D eigenvalue weighted by molar-refractivity contribution is -0.128. The number of carbonyl (C=O) groups excluding carboxylic acids is 2. The topological polar surface area (TPSA) is 49.4 Å². The van der Waals surface area contributed by atoms with E-state index >= 15 is 0 Å². The summed E-state index contributed by atoms with van der Waals surface area (Å²) >= 11 is 5.84. The molecule has 102 valence electrons. The van der Waals surface area contributed by atoms with E-state index in [9.17, 15) is 14.0 Å². The Morgan fingerprint density at radius 3 is 2.74 bits per heavy atom. The molecule has 0 aromatic heterocycles. The Labute approximate surface area is 115 Å². The lowest BCUT2D eigenvalue weighted by atomic mass is 10.0. The SMILES string of the molecule is CC1(C)NC(=O)CCN(c2cc(Cl)ccc2F)C1=O. The molecule has 1 fully saturated rings. The molecule has 0 unspecified atom stereocenters. The van der Waals surface area contributed by atoms with E-state index in [1.807, 2.05) is 0 Å². The largest absolute Gasteiger partial charge is 0.342 e. The Kier molecular flexibility index (Phi) is 3.49. The fourth-order valence-electron chi connectivity index (χ4n) is 2.04. The minimum Gasteiger partial charge on any atom is -0.342 e. The van der Waals surface area contributed by atoms with E-state index in [1.54, 1.807) is 13.8 Å². The van der Waals surface area contributed by atoms with Gasteiger partial charge in [0.05, 0.1) is 5.69 Å². The molecular weight excluding hydrogens is 271 g/mol. The quantitative estimate of drug-likeness (QED) is 0.859. The number of carbonyl (C=O) groups is 2. The van der Waals surface area contributed by atoms with Crippen LogP contribution < -0.4 is 10.2 Å². The normalized spacial score (nSPS) is 19.1. The van der Waals surface area contributed by atoms with Crippen molar-refractivity contribution in [1.29, 1.82) is 0 Å². The van der Waals surface area contributed by atoms with Crippen LogP contribution in [-0.4, -0.2) is 23.9 Å². The van der Waals surface area contributed by atoms with Crippen molar-refractivity contribution in [3.05, 3.63) is 29.0 Å². The summed E-state index contributed by atoms with van der Waals surface area (Å²) in [6.45, 7) is 3.31. The predicted molar refractivity (Wildman–Crippen MR) is 70.6 cm³/mol. The first kappa shape index (κ1) is 13.8. The highest BCUT2D eigenvalue weighted by Crippen LogP contribution is 2.27. The van der Waals surface area contributed by atoms with Gasteiger partial charge in [-0.3, -0.25) is 9.59 Å². The van der Waals surface area contributed by atoms with Gasteiger partial charge >= 0.3 is 0 Å². The van der Waals surface area contributed by atoms with E-state index in [4.69, 9.17) is 11.6 Å². The van der Waals surface area contributed by atoms with Crippen molar-refractivity contribution < 1.29 is 14.0 Å². The molecule has 1 aromatic carbocycles. The molecule has 1 heterocycles. The fourth-order valence-corrected chi connectivity index (χ4v) is 2.21. The molecule has 6 heteroatoms. The van der Waals surface area contributed by atoms with Gasteiger partial charge in [-0.1, -0.05) is 11.6 Å². The van der Waals surface area contributed by atoms with Crippen molar-refractivity contribution in [2.75, 3.05) is 11.4 Å². The molecule has 4 nitrogen and oxygen atoms in total. The Hall–Kier alpha value is -1.62. The highest BCUT2D eigenvalue weighted by atomic mass is 35.5.